The van der Waals surface area contributed by atoms with Gasteiger partial charge in [0.25, 0.3) is 5.91 Å². The Morgan fingerprint density at radius 2 is 2.39 bits per heavy atom. The minimum atomic E-state index is -0.163. The highest BCUT2D eigenvalue weighted by Crippen LogP contribution is 2.19. The van der Waals surface area contributed by atoms with Gasteiger partial charge in [-0.25, -0.2) is 9.97 Å². The van der Waals surface area contributed by atoms with Crippen LogP contribution in [0, 0.1) is 13.8 Å². The number of aryl methyl sites for hydroxylation is 2. The first-order chi connectivity index (χ1) is 11.1. The zero-order valence-electron chi connectivity index (χ0n) is 13.1. The summed E-state index contributed by atoms with van der Waals surface area (Å²) in [4.78, 5) is 21.7. The fourth-order valence-corrected chi connectivity index (χ4v) is 3.88. The Labute approximate surface area is 142 Å². The fourth-order valence-electron chi connectivity index (χ4n) is 2.52. The molecule has 3 heterocycles. The van der Waals surface area contributed by atoms with Crippen molar-refractivity contribution >= 4 is 28.6 Å². The van der Waals surface area contributed by atoms with E-state index in [2.05, 4.69) is 15.3 Å². The van der Waals surface area contributed by atoms with Gasteiger partial charge < -0.3 is 14.8 Å². The van der Waals surface area contributed by atoms with E-state index in [0.29, 0.717) is 24.7 Å². The molecule has 23 heavy (non-hydrogen) atoms. The molecular weight excluding hydrogens is 334 g/mol. The number of thiazole rings is 2. The Morgan fingerprint density at radius 3 is 3.09 bits per heavy atom. The van der Waals surface area contributed by atoms with Gasteiger partial charge in [0.05, 0.1) is 41.2 Å². The van der Waals surface area contributed by atoms with E-state index in [9.17, 15) is 4.79 Å². The number of hydrogen-bond donors (Lipinski definition) is 1. The Balaban J connectivity index is 1.61. The molecule has 2 atom stereocenters. The molecule has 2 unspecified atom stereocenters. The van der Waals surface area contributed by atoms with Gasteiger partial charge >= 0.3 is 0 Å². The summed E-state index contributed by atoms with van der Waals surface area (Å²) in [5.41, 5.74) is 3.46. The summed E-state index contributed by atoms with van der Waals surface area (Å²) in [6.45, 7) is 5.31. The smallest absolute Gasteiger partial charge is 0.263 e. The van der Waals surface area contributed by atoms with E-state index in [1.54, 1.807) is 16.8 Å². The van der Waals surface area contributed by atoms with E-state index in [-0.39, 0.29) is 18.1 Å². The molecule has 1 N–H and O–H groups in total. The predicted molar refractivity (Wildman–Crippen MR) is 89.0 cm³/mol. The second kappa shape index (κ2) is 7.48. The van der Waals surface area contributed by atoms with Crippen LogP contribution in [0.15, 0.2) is 10.9 Å². The zero-order chi connectivity index (χ0) is 16.2. The van der Waals surface area contributed by atoms with Gasteiger partial charge in [0.1, 0.15) is 11.0 Å². The highest BCUT2D eigenvalue weighted by Gasteiger charge is 2.29. The maximum atomic E-state index is 12.5. The van der Waals surface area contributed by atoms with Crippen molar-refractivity contribution in [1.29, 1.82) is 0 Å². The number of amides is 1. The summed E-state index contributed by atoms with van der Waals surface area (Å²) < 4.78 is 11.4. The summed E-state index contributed by atoms with van der Waals surface area (Å²) >= 11 is 2.96. The van der Waals surface area contributed by atoms with Crippen molar-refractivity contribution in [2.45, 2.75) is 39.0 Å². The molecule has 1 saturated heterocycles. The first-order valence-electron chi connectivity index (χ1n) is 7.45. The van der Waals surface area contributed by atoms with Crippen molar-refractivity contribution in [2.24, 2.45) is 0 Å². The van der Waals surface area contributed by atoms with Crippen LogP contribution in [0.4, 0.5) is 0 Å². The lowest BCUT2D eigenvalue weighted by atomic mass is 10.1. The van der Waals surface area contributed by atoms with Gasteiger partial charge in [-0.05, 0) is 20.3 Å². The lowest BCUT2D eigenvalue weighted by Gasteiger charge is -2.31. The Hall–Kier alpha value is -1.35. The van der Waals surface area contributed by atoms with Crippen molar-refractivity contribution in [1.82, 2.24) is 15.3 Å². The highest BCUT2D eigenvalue weighted by molar-refractivity contribution is 7.13. The van der Waals surface area contributed by atoms with E-state index in [1.807, 2.05) is 19.2 Å². The van der Waals surface area contributed by atoms with Gasteiger partial charge in [0.15, 0.2) is 0 Å². The van der Waals surface area contributed by atoms with Crippen molar-refractivity contribution in [3.05, 3.63) is 32.2 Å². The second-order valence-corrected chi connectivity index (χ2v) is 7.34. The Morgan fingerprint density at radius 1 is 1.52 bits per heavy atom. The molecule has 124 valence electrons. The second-order valence-electron chi connectivity index (χ2n) is 5.42. The van der Waals surface area contributed by atoms with E-state index in [0.717, 1.165) is 22.8 Å². The standard InChI is InChI=1S/C15H19N3O3S2/c1-9-14(23-10(2)17-9)15(19)18-12-3-4-20-6-13(12)21-5-11-7-22-8-16-11/h7-8,12-13H,3-6H2,1-2H3,(H,18,19). The number of hydrogen-bond acceptors (Lipinski definition) is 7. The quantitative estimate of drug-likeness (QED) is 0.893. The Kier molecular flexibility index (Phi) is 5.37. The Bertz CT molecular complexity index is 657. The maximum Gasteiger partial charge on any atom is 0.263 e. The summed E-state index contributed by atoms with van der Waals surface area (Å²) in [6, 6.07) is -0.0586. The molecule has 0 bridgehead atoms. The van der Waals surface area contributed by atoms with Crippen LogP contribution in [0.3, 0.4) is 0 Å². The van der Waals surface area contributed by atoms with Gasteiger partial charge in [-0.15, -0.1) is 22.7 Å². The fraction of sp³-hybridized carbons (Fsp3) is 0.533. The molecule has 2 aromatic heterocycles. The van der Waals surface area contributed by atoms with E-state index >= 15 is 0 Å². The van der Waals surface area contributed by atoms with E-state index in [1.165, 1.54) is 11.3 Å². The largest absolute Gasteiger partial charge is 0.379 e. The van der Waals surface area contributed by atoms with E-state index in [4.69, 9.17) is 9.47 Å². The third-order valence-electron chi connectivity index (χ3n) is 3.66. The molecule has 1 aliphatic rings. The van der Waals surface area contributed by atoms with Crippen molar-refractivity contribution in [3.8, 4) is 0 Å². The molecule has 8 heteroatoms. The van der Waals surface area contributed by atoms with Crippen LogP contribution in [-0.2, 0) is 16.1 Å². The molecule has 0 aromatic carbocycles. The zero-order valence-corrected chi connectivity index (χ0v) is 14.7. The minimum Gasteiger partial charge on any atom is -0.379 e. The van der Waals surface area contributed by atoms with E-state index < -0.39 is 0 Å². The molecule has 6 nitrogen and oxygen atoms in total. The van der Waals surface area contributed by atoms with Gasteiger partial charge in [-0.2, -0.15) is 0 Å². The first kappa shape index (κ1) is 16.5. The molecule has 1 amide bonds. The highest BCUT2D eigenvalue weighted by atomic mass is 32.1. The van der Waals surface area contributed by atoms with Crippen LogP contribution in [0.25, 0.3) is 0 Å². The van der Waals surface area contributed by atoms with Crippen molar-refractivity contribution in [2.75, 3.05) is 13.2 Å². The molecular formula is C15H19N3O3S2. The van der Waals surface area contributed by atoms with Crippen LogP contribution < -0.4 is 5.32 Å². The predicted octanol–water partition coefficient (Wildman–Crippen LogP) is 2.32. The molecule has 0 radical (unpaired) electrons. The summed E-state index contributed by atoms with van der Waals surface area (Å²) in [6.07, 6.45) is 0.577. The molecule has 0 saturated carbocycles. The number of ether oxygens (including phenoxy) is 2. The third-order valence-corrected chi connectivity index (χ3v) is 5.37. The third kappa shape index (κ3) is 4.14. The molecule has 1 aliphatic heterocycles. The number of aromatic nitrogens is 2. The van der Waals surface area contributed by atoms with Crippen LogP contribution >= 0.6 is 22.7 Å². The van der Waals surface area contributed by atoms with Gasteiger partial charge in [-0.1, -0.05) is 0 Å². The first-order valence-corrected chi connectivity index (χ1v) is 9.20. The number of carbonyl (C=O) groups excluding carboxylic acids is 1. The van der Waals surface area contributed by atoms with Crippen molar-refractivity contribution < 1.29 is 14.3 Å². The number of nitrogens with zero attached hydrogens (tertiary/aromatic N) is 2. The topological polar surface area (TPSA) is 73.3 Å². The summed E-state index contributed by atoms with van der Waals surface area (Å²) in [5.74, 6) is -0.0812. The summed E-state index contributed by atoms with van der Waals surface area (Å²) in [7, 11) is 0. The van der Waals surface area contributed by atoms with Crippen molar-refractivity contribution in [3.63, 3.8) is 0 Å². The van der Waals surface area contributed by atoms with Crippen LogP contribution in [-0.4, -0.2) is 41.2 Å². The number of carbonyl (C=O) groups is 1. The average Bonchev–Trinajstić information content (AvgIpc) is 3.15. The van der Waals surface area contributed by atoms with Gasteiger partial charge in [0, 0.05) is 12.0 Å². The minimum absolute atomic E-state index is 0.0586. The average molecular weight is 353 g/mol. The normalized spacial score (nSPS) is 21.3. The SMILES string of the molecule is Cc1nc(C)c(C(=O)NC2CCOCC2OCc2cscn2)s1. The molecule has 0 spiro atoms. The maximum absolute atomic E-state index is 12.5. The number of rotatable bonds is 5. The number of nitrogens with one attached hydrogen (secondary N) is 1. The molecule has 3 rings (SSSR count). The van der Waals surface area contributed by atoms with Crippen LogP contribution in [0.1, 0.15) is 32.5 Å². The van der Waals surface area contributed by atoms with Gasteiger partial charge in [0.2, 0.25) is 0 Å². The monoisotopic (exact) mass is 353 g/mol. The van der Waals surface area contributed by atoms with Gasteiger partial charge in [-0.3, -0.25) is 4.79 Å². The molecule has 1 fully saturated rings. The lowest BCUT2D eigenvalue weighted by Crippen LogP contribution is -2.49. The lowest BCUT2D eigenvalue weighted by molar-refractivity contribution is -0.0742. The van der Waals surface area contributed by atoms with Crippen LogP contribution in [0.2, 0.25) is 0 Å². The molecule has 2 aromatic rings. The van der Waals surface area contributed by atoms with Crippen LogP contribution in [0.5, 0.6) is 0 Å². The summed E-state index contributed by atoms with van der Waals surface area (Å²) in [5, 5.41) is 5.94. The molecule has 0 aliphatic carbocycles.